The molecule has 2 aromatic heterocycles. The summed E-state index contributed by atoms with van der Waals surface area (Å²) in [6, 6.07) is 10.4. The molecule has 1 atom stereocenters. The van der Waals surface area contributed by atoms with Crippen molar-refractivity contribution < 1.29 is 22.8 Å². The first-order chi connectivity index (χ1) is 24.5. The van der Waals surface area contributed by atoms with Crippen molar-refractivity contribution >= 4 is 55.4 Å². The Kier molecular flexibility index (Phi) is 10.1. The minimum atomic E-state index is -4.68. The maximum absolute atomic E-state index is 14.1. The zero-order chi connectivity index (χ0) is 35.9. The Balaban J connectivity index is 1.07. The molecule has 5 heterocycles. The summed E-state index contributed by atoms with van der Waals surface area (Å²) in [4.78, 5) is 54.6. The number of rotatable bonds is 7. The van der Waals surface area contributed by atoms with Crippen LogP contribution in [-0.4, -0.2) is 99.4 Å². The highest BCUT2D eigenvalue weighted by molar-refractivity contribution is 9.10. The van der Waals surface area contributed by atoms with Crippen LogP contribution in [0, 0.1) is 5.92 Å². The van der Waals surface area contributed by atoms with Gasteiger partial charge in [-0.3, -0.25) is 24.0 Å². The molecule has 3 aliphatic heterocycles. The van der Waals surface area contributed by atoms with E-state index in [1.165, 1.54) is 6.07 Å². The van der Waals surface area contributed by atoms with Crippen LogP contribution in [0.2, 0.25) is 0 Å². The van der Waals surface area contributed by atoms with Crippen LogP contribution in [0.15, 0.2) is 51.9 Å². The summed E-state index contributed by atoms with van der Waals surface area (Å²) in [5.74, 6) is -1.31. The van der Waals surface area contributed by atoms with Gasteiger partial charge in [0, 0.05) is 67.6 Å². The molecule has 51 heavy (non-hydrogen) atoms. The lowest BCUT2D eigenvalue weighted by Gasteiger charge is -2.41. The number of nitrogens with zero attached hydrogens (tertiary/aromatic N) is 5. The number of pyridine rings is 1. The Morgan fingerprint density at radius 3 is 2.37 bits per heavy atom. The molecule has 0 unspecified atom stereocenters. The molecule has 2 amide bonds. The lowest BCUT2D eigenvalue weighted by atomic mass is 9.92. The molecule has 7 rings (SSSR count). The molecule has 4 aromatic rings. The first-order valence-electron chi connectivity index (χ1n) is 17.6. The van der Waals surface area contributed by atoms with Crippen molar-refractivity contribution in [2.45, 2.75) is 56.8 Å². The summed E-state index contributed by atoms with van der Waals surface area (Å²) in [6.45, 7) is 5.13. The Morgan fingerprint density at radius 2 is 1.67 bits per heavy atom. The number of nitrogens with two attached hydrogens (primary N) is 1. The van der Waals surface area contributed by atoms with Gasteiger partial charge in [-0.15, -0.1) is 0 Å². The van der Waals surface area contributed by atoms with Crippen molar-refractivity contribution in [2.24, 2.45) is 5.92 Å². The molecule has 272 valence electrons. The Morgan fingerprint density at radius 1 is 0.961 bits per heavy atom. The number of nitrogens with one attached hydrogen (secondary N) is 2. The van der Waals surface area contributed by atoms with Crippen molar-refractivity contribution in [3.8, 4) is 0 Å². The number of fused-ring (bicyclic) bond motifs is 3. The summed E-state index contributed by atoms with van der Waals surface area (Å²) >= 11 is 3.17. The number of benzene rings is 2. The molecule has 4 N–H and O–H groups in total. The lowest BCUT2D eigenvalue weighted by molar-refractivity contribution is -0.143. The van der Waals surface area contributed by atoms with Gasteiger partial charge in [0.2, 0.25) is 11.8 Å². The molecular formula is C36H42BrF3N8O3. The number of aromatic amines is 1. The van der Waals surface area contributed by atoms with Crippen molar-refractivity contribution in [2.75, 3.05) is 58.1 Å². The number of amides is 2. The smallest absolute Gasteiger partial charge is 0.397 e. The average molecular weight is 772 g/mol. The van der Waals surface area contributed by atoms with Gasteiger partial charge in [-0.05, 0) is 84.9 Å². The number of carbonyl (C=O) groups is 2. The van der Waals surface area contributed by atoms with Gasteiger partial charge in [-0.1, -0.05) is 18.2 Å². The molecule has 0 bridgehead atoms. The summed E-state index contributed by atoms with van der Waals surface area (Å²) in [6.07, 6.45) is 0.0209. The Labute approximate surface area is 301 Å². The fourth-order valence-electron chi connectivity index (χ4n) is 8.09. The van der Waals surface area contributed by atoms with Crippen molar-refractivity contribution in [1.82, 2.24) is 34.6 Å². The van der Waals surface area contributed by atoms with E-state index < -0.39 is 23.3 Å². The zero-order valence-corrected chi connectivity index (χ0v) is 29.8. The number of imidazole rings is 1. The quantitative estimate of drug-likeness (QED) is 0.235. The topological polar surface area (TPSA) is 133 Å². The fraction of sp³-hybridized carbons (Fsp3) is 0.500. The van der Waals surface area contributed by atoms with Gasteiger partial charge in [-0.25, -0.2) is 4.79 Å². The maximum atomic E-state index is 14.1. The predicted octanol–water partition coefficient (Wildman–Crippen LogP) is 4.55. The van der Waals surface area contributed by atoms with Crippen LogP contribution in [0.3, 0.4) is 0 Å². The van der Waals surface area contributed by atoms with Gasteiger partial charge in [0.05, 0.1) is 39.9 Å². The lowest BCUT2D eigenvalue weighted by Crippen LogP contribution is -2.55. The van der Waals surface area contributed by atoms with Crippen molar-refractivity contribution in [3.63, 3.8) is 0 Å². The number of H-pyrrole nitrogens is 1. The van der Waals surface area contributed by atoms with Crippen molar-refractivity contribution in [3.05, 3.63) is 68.7 Å². The maximum Gasteiger partial charge on any atom is 0.418 e. The van der Waals surface area contributed by atoms with Gasteiger partial charge >= 0.3 is 11.9 Å². The van der Waals surface area contributed by atoms with Crippen LogP contribution in [0.5, 0.6) is 0 Å². The molecule has 0 aliphatic carbocycles. The summed E-state index contributed by atoms with van der Waals surface area (Å²) in [5, 5.41) is 4.24. The van der Waals surface area contributed by atoms with E-state index in [0.29, 0.717) is 50.6 Å². The molecule has 0 saturated carbocycles. The Bertz CT molecular complexity index is 1980. The van der Waals surface area contributed by atoms with Crippen LogP contribution < -0.4 is 16.7 Å². The van der Waals surface area contributed by atoms with E-state index in [9.17, 15) is 27.6 Å². The number of piperazine rings is 1. The van der Waals surface area contributed by atoms with E-state index in [2.05, 4.69) is 36.1 Å². The molecule has 0 radical (unpaired) electrons. The van der Waals surface area contributed by atoms with Crippen LogP contribution in [-0.2, 0) is 22.2 Å². The van der Waals surface area contributed by atoms with Gasteiger partial charge in [0.25, 0.3) is 0 Å². The Hall–Kier alpha value is -3.95. The monoisotopic (exact) mass is 770 g/mol. The molecule has 11 nitrogen and oxygen atoms in total. The van der Waals surface area contributed by atoms with Crippen molar-refractivity contribution in [1.29, 1.82) is 0 Å². The van der Waals surface area contributed by atoms with E-state index in [1.807, 2.05) is 24.3 Å². The number of alkyl halides is 3. The van der Waals surface area contributed by atoms with Gasteiger partial charge in [-0.2, -0.15) is 13.2 Å². The van der Waals surface area contributed by atoms with E-state index in [4.69, 9.17) is 5.73 Å². The number of para-hydroxylation sites is 1. The van der Waals surface area contributed by atoms with Crippen LogP contribution in [0.1, 0.15) is 49.3 Å². The highest BCUT2D eigenvalue weighted by Crippen LogP contribution is 2.39. The molecule has 3 aliphatic rings. The van der Waals surface area contributed by atoms with E-state index in [-0.39, 0.29) is 46.4 Å². The first kappa shape index (κ1) is 35.5. The van der Waals surface area contributed by atoms with E-state index in [1.54, 1.807) is 20.6 Å². The van der Waals surface area contributed by atoms with Gasteiger partial charge in [0.15, 0.2) is 0 Å². The van der Waals surface area contributed by atoms with Gasteiger partial charge in [0.1, 0.15) is 0 Å². The summed E-state index contributed by atoms with van der Waals surface area (Å²) in [5.41, 5.74) is 6.65. The fourth-order valence-corrected chi connectivity index (χ4v) is 8.60. The number of hydrogen-bond acceptors (Lipinski definition) is 7. The molecular weight excluding hydrogens is 729 g/mol. The highest BCUT2D eigenvalue weighted by Gasteiger charge is 2.37. The SMILES string of the molecule is Nc1c(Br)cc(C[C@@H](CC(=O)N2CCC(n3c(=O)[nH]c4c5ccccc5ncc43)CC2)C(=O)N2CCN(C3CCNCC3)CC2)cc1C(F)(F)F. The summed E-state index contributed by atoms with van der Waals surface area (Å²) < 4.78 is 43.5. The van der Waals surface area contributed by atoms with E-state index >= 15 is 0 Å². The second kappa shape index (κ2) is 14.6. The minimum Gasteiger partial charge on any atom is -0.397 e. The van der Waals surface area contributed by atoms with Gasteiger partial charge < -0.3 is 25.8 Å². The number of aromatic nitrogens is 3. The number of likely N-dealkylation sites (tertiary alicyclic amines) is 1. The standard InChI is InChI=1S/C36H42BrF3N8O3/c37-28-19-22(18-27(32(28)41)36(38,39)40)17-23(34(50)47-15-13-45(14-16-47)24-5-9-42-10-6-24)20-31(49)46-11-7-25(8-12-46)48-30-21-43-29-4-2-1-3-26(29)33(30)44-35(48)51/h1-4,18-19,21,23-25,42H,5-17,20,41H2,(H,44,51)/t23-/m0/s1. The number of halogens is 4. The molecule has 3 saturated heterocycles. The molecule has 3 fully saturated rings. The zero-order valence-electron chi connectivity index (χ0n) is 28.2. The first-order valence-corrected chi connectivity index (χ1v) is 18.4. The molecule has 0 spiro atoms. The number of hydrogen-bond donors (Lipinski definition) is 3. The third kappa shape index (κ3) is 7.38. The largest absolute Gasteiger partial charge is 0.418 e. The van der Waals surface area contributed by atoms with Crippen LogP contribution in [0.25, 0.3) is 21.9 Å². The molecule has 15 heteroatoms. The number of piperidine rings is 2. The number of nitrogen functional groups attached to an aromatic ring is 1. The normalized spacial score (nSPS) is 19.2. The summed E-state index contributed by atoms with van der Waals surface area (Å²) in [7, 11) is 0. The van der Waals surface area contributed by atoms with Crippen LogP contribution in [0.4, 0.5) is 18.9 Å². The van der Waals surface area contributed by atoms with Crippen LogP contribution >= 0.6 is 15.9 Å². The molecule has 2 aromatic carbocycles. The minimum absolute atomic E-state index is 0.0385. The average Bonchev–Trinajstić information content (AvgIpc) is 3.48. The third-order valence-corrected chi connectivity index (χ3v) is 11.5. The number of carbonyl (C=O) groups excluding carboxylic acids is 2. The second-order valence-corrected chi connectivity index (χ2v) is 14.8. The van der Waals surface area contributed by atoms with E-state index in [0.717, 1.165) is 61.5 Å². The second-order valence-electron chi connectivity index (χ2n) is 13.9. The number of anilines is 1. The highest BCUT2D eigenvalue weighted by atomic mass is 79.9. The predicted molar refractivity (Wildman–Crippen MR) is 192 cm³/mol. The third-order valence-electron chi connectivity index (χ3n) is 10.8.